The van der Waals surface area contributed by atoms with E-state index in [0.29, 0.717) is 5.75 Å². The third-order valence-corrected chi connectivity index (χ3v) is 5.27. The van der Waals surface area contributed by atoms with E-state index in [4.69, 9.17) is 14.2 Å². The zero-order chi connectivity index (χ0) is 19.2. The zero-order valence-corrected chi connectivity index (χ0v) is 16.8. The van der Waals surface area contributed by atoms with Crippen LogP contribution in [-0.2, 0) is 6.42 Å². The molecule has 0 N–H and O–H groups in total. The van der Waals surface area contributed by atoms with Gasteiger partial charge < -0.3 is 19.1 Å². The van der Waals surface area contributed by atoms with Gasteiger partial charge in [-0.2, -0.15) is 0 Å². The van der Waals surface area contributed by atoms with Gasteiger partial charge in [0.25, 0.3) is 0 Å². The van der Waals surface area contributed by atoms with Gasteiger partial charge in [0.1, 0.15) is 0 Å². The Morgan fingerprint density at radius 3 is 2.04 bits per heavy atom. The molecule has 5 nitrogen and oxygen atoms in total. The fraction of sp³-hybridized carbons (Fsp3) is 0.455. The standard InChI is InChI=1S/C22H30N2O3/c1-17-7-5-6-8-19(17)24-13-11-23(12-14-24)10-9-18-15-20(25-2)22(27-4)21(16-18)26-3/h5-8,15-16H,9-14H2,1-4H3. The van der Waals surface area contributed by atoms with Gasteiger partial charge in [-0.1, -0.05) is 18.2 Å². The van der Waals surface area contributed by atoms with E-state index in [9.17, 15) is 0 Å². The largest absolute Gasteiger partial charge is 0.493 e. The van der Waals surface area contributed by atoms with Crippen LogP contribution in [0.2, 0.25) is 0 Å². The first-order valence-corrected chi connectivity index (χ1v) is 9.48. The average molecular weight is 370 g/mol. The molecule has 3 rings (SSSR count). The van der Waals surface area contributed by atoms with Crippen molar-refractivity contribution in [3.8, 4) is 17.2 Å². The van der Waals surface area contributed by atoms with Crippen molar-refractivity contribution < 1.29 is 14.2 Å². The van der Waals surface area contributed by atoms with E-state index in [0.717, 1.165) is 50.6 Å². The van der Waals surface area contributed by atoms with E-state index in [2.05, 4.69) is 41.0 Å². The van der Waals surface area contributed by atoms with Gasteiger partial charge in [0, 0.05) is 38.4 Å². The van der Waals surface area contributed by atoms with Crippen LogP contribution in [0.4, 0.5) is 5.69 Å². The molecule has 146 valence electrons. The number of benzene rings is 2. The lowest BCUT2D eigenvalue weighted by Gasteiger charge is -2.36. The predicted molar refractivity (Wildman–Crippen MR) is 110 cm³/mol. The van der Waals surface area contributed by atoms with E-state index < -0.39 is 0 Å². The van der Waals surface area contributed by atoms with Gasteiger partial charge in [-0.25, -0.2) is 0 Å². The summed E-state index contributed by atoms with van der Waals surface area (Å²) in [5.41, 5.74) is 3.91. The summed E-state index contributed by atoms with van der Waals surface area (Å²) in [6, 6.07) is 12.7. The number of ether oxygens (including phenoxy) is 3. The van der Waals surface area contributed by atoms with Gasteiger partial charge in [0.2, 0.25) is 5.75 Å². The fourth-order valence-corrected chi connectivity index (χ4v) is 3.70. The molecule has 27 heavy (non-hydrogen) atoms. The minimum atomic E-state index is 0.649. The average Bonchev–Trinajstić information content (AvgIpc) is 2.72. The first kappa shape index (κ1) is 19.4. The smallest absolute Gasteiger partial charge is 0.203 e. The highest BCUT2D eigenvalue weighted by Crippen LogP contribution is 2.38. The molecular weight excluding hydrogens is 340 g/mol. The number of nitrogens with zero attached hydrogens (tertiary/aromatic N) is 2. The molecule has 2 aromatic rings. The summed E-state index contributed by atoms with van der Waals surface area (Å²) in [4.78, 5) is 5.02. The van der Waals surface area contributed by atoms with Crippen molar-refractivity contribution in [3.63, 3.8) is 0 Å². The van der Waals surface area contributed by atoms with Crippen LogP contribution >= 0.6 is 0 Å². The number of para-hydroxylation sites is 1. The third kappa shape index (κ3) is 4.48. The molecule has 2 aromatic carbocycles. The summed E-state index contributed by atoms with van der Waals surface area (Å²) in [5, 5.41) is 0. The van der Waals surface area contributed by atoms with Gasteiger partial charge in [0.05, 0.1) is 21.3 Å². The molecule has 0 unspecified atom stereocenters. The molecule has 0 spiro atoms. The molecule has 1 aliphatic rings. The Balaban J connectivity index is 1.58. The third-order valence-electron chi connectivity index (χ3n) is 5.27. The van der Waals surface area contributed by atoms with Crippen LogP contribution in [0.1, 0.15) is 11.1 Å². The maximum atomic E-state index is 5.46. The van der Waals surface area contributed by atoms with Crippen LogP contribution in [-0.4, -0.2) is 59.0 Å². The number of rotatable bonds is 7. The van der Waals surface area contributed by atoms with Crippen molar-refractivity contribution >= 4 is 5.69 Å². The predicted octanol–water partition coefficient (Wildman–Crippen LogP) is 3.39. The van der Waals surface area contributed by atoms with Crippen LogP contribution in [0.15, 0.2) is 36.4 Å². The molecule has 0 amide bonds. The van der Waals surface area contributed by atoms with Gasteiger partial charge in [-0.3, -0.25) is 4.90 Å². The molecule has 0 atom stereocenters. The summed E-state index contributed by atoms with van der Waals surface area (Å²) in [6.45, 7) is 7.52. The molecule has 0 saturated carbocycles. The summed E-state index contributed by atoms with van der Waals surface area (Å²) in [5.74, 6) is 2.09. The summed E-state index contributed by atoms with van der Waals surface area (Å²) in [7, 11) is 4.95. The van der Waals surface area contributed by atoms with E-state index in [1.807, 2.05) is 12.1 Å². The summed E-state index contributed by atoms with van der Waals surface area (Å²) >= 11 is 0. The van der Waals surface area contributed by atoms with Gasteiger partial charge in [-0.15, -0.1) is 0 Å². The number of aryl methyl sites for hydroxylation is 1. The Morgan fingerprint density at radius 1 is 0.852 bits per heavy atom. The lowest BCUT2D eigenvalue weighted by atomic mass is 10.1. The number of hydrogen-bond acceptors (Lipinski definition) is 5. The molecule has 0 bridgehead atoms. The molecule has 5 heteroatoms. The van der Waals surface area contributed by atoms with Crippen LogP contribution in [0.25, 0.3) is 0 Å². The van der Waals surface area contributed by atoms with Gasteiger partial charge in [-0.05, 0) is 42.7 Å². The summed E-state index contributed by atoms with van der Waals surface area (Å²) < 4.78 is 16.3. The van der Waals surface area contributed by atoms with Crippen molar-refractivity contribution in [2.75, 3.05) is 59.0 Å². The van der Waals surface area contributed by atoms with Crippen molar-refractivity contribution in [2.24, 2.45) is 0 Å². The van der Waals surface area contributed by atoms with Crippen molar-refractivity contribution in [1.82, 2.24) is 4.90 Å². The highest BCUT2D eigenvalue weighted by molar-refractivity contribution is 5.54. The lowest BCUT2D eigenvalue weighted by Crippen LogP contribution is -2.47. The van der Waals surface area contributed by atoms with E-state index in [-0.39, 0.29) is 0 Å². The van der Waals surface area contributed by atoms with E-state index in [1.54, 1.807) is 21.3 Å². The van der Waals surface area contributed by atoms with Crippen LogP contribution in [0, 0.1) is 6.92 Å². The molecular formula is C22H30N2O3. The second-order valence-corrected chi connectivity index (χ2v) is 6.90. The fourth-order valence-electron chi connectivity index (χ4n) is 3.70. The lowest BCUT2D eigenvalue weighted by molar-refractivity contribution is 0.260. The number of hydrogen-bond donors (Lipinski definition) is 0. The molecule has 1 aliphatic heterocycles. The monoisotopic (exact) mass is 370 g/mol. The van der Waals surface area contributed by atoms with Gasteiger partial charge >= 0.3 is 0 Å². The minimum Gasteiger partial charge on any atom is -0.493 e. The maximum absolute atomic E-state index is 5.46. The molecule has 1 fully saturated rings. The van der Waals surface area contributed by atoms with Crippen LogP contribution in [0.5, 0.6) is 17.2 Å². The Kier molecular flexibility index (Phi) is 6.45. The Labute approximate surface area is 162 Å². The van der Waals surface area contributed by atoms with Crippen LogP contribution in [0.3, 0.4) is 0 Å². The van der Waals surface area contributed by atoms with Crippen LogP contribution < -0.4 is 19.1 Å². The topological polar surface area (TPSA) is 34.2 Å². The highest BCUT2D eigenvalue weighted by Gasteiger charge is 2.19. The Bertz CT molecular complexity index is 730. The Morgan fingerprint density at radius 2 is 1.48 bits per heavy atom. The molecule has 1 heterocycles. The molecule has 0 aromatic heterocycles. The second-order valence-electron chi connectivity index (χ2n) is 6.90. The highest BCUT2D eigenvalue weighted by atomic mass is 16.5. The van der Waals surface area contributed by atoms with Crippen molar-refractivity contribution in [3.05, 3.63) is 47.5 Å². The SMILES string of the molecule is COc1cc(CCN2CCN(c3ccccc3C)CC2)cc(OC)c1OC. The van der Waals surface area contributed by atoms with Gasteiger partial charge in [0.15, 0.2) is 11.5 Å². The molecule has 1 saturated heterocycles. The Hall–Kier alpha value is -2.40. The number of piperazine rings is 1. The quantitative estimate of drug-likeness (QED) is 0.746. The molecule has 0 aliphatic carbocycles. The van der Waals surface area contributed by atoms with Crippen molar-refractivity contribution in [1.29, 1.82) is 0 Å². The van der Waals surface area contributed by atoms with Crippen molar-refractivity contribution in [2.45, 2.75) is 13.3 Å². The first-order chi connectivity index (χ1) is 13.2. The zero-order valence-electron chi connectivity index (χ0n) is 16.8. The number of anilines is 1. The van der Waals surface area contributed by atoms with E-state index >= 15 is 0 Å². The minimum absolute atomic E-state index is 0.649. The molecule has 0 radical (unpaired) electrons. The second kappa shape index (κ2) is 9.00. The maximum Gasteiger partial charge on any atom is 0.203 e. The first-order valence-electron chi connectivity index (χ1n) is 9.48. The van der Waals surface area contributed by atoms with E-state index in [1.165, 1.54) is 16.8 Å². The normalized spacial score (nSPS) is 14.9. The number of methoxy groups -OCH3 is 3. The summed E-state index contributed by atoms with van der Waals surface area (Å²) in [6.07, 6.45) is 0.959.